The van der Waals surface area contributed by atoms with Crippen molar-refractivity contribution >= 4 is 34.8 Å². The molecule has 24 heavy (non-hydrogen) atoms. The first-order valence-corrected chi connectivity index (χ1v) is 7.60. The van der Waals surface area contributed by atoms with Gasteiger partial charge in [-0.3, -0.25) is 9.59 Å². The summed E-state index contributed by atoms with van der Waals surface area (Å²) < 4.78 is 19.1. The SMILES string of the molecule is COc1ccc(Cl)cc1NC1CC(=O)N(c2ccccc2F)C1=O. The van der Waals surface area contributed by atoms with Gasteiger partial charge in [0.1, 0.15) is 17.6 Å². The smallest absolute Gasteiger partial charge is 0.256 e. The molecule has 3 rings (SSSR count). The molecule has 0 saturated carbocycles. The second-order valence-electron chi connectivity index (χ2n) is 5.26. The first kappa shape index (κ1) is 16.3. The molecule has 7 heteroatoms. The molecule has 0 bridgehead atoms. The van der Waals surface area contributed by atoms with Crippen LogP contribution in [0.25, 0.3) is 0 Å². The highest BCUT2D eigenvalue weighted by atomic mass is 35.5. The first-order chi connectivity index (χ1) is 11.5. The molecular weight excluding hydrogens is 335 g/mol. The molecule has 1 saturated heterocycles. The Hall–Kier alpha value is -2.60. The Balaban J connectivity index is 1.88. The minimum atomic E-state index is -0.815. The fourth-order valence-electron chi connectivity index (χ4n) is 2.61. The zero-order chi connectivity index (χ0) is 17.3. The van der Waals surface area contributed by atoms with Gasteiger partial charge in [0.15, 0.2) is 0 Å². The average molecular weight is 349 g/mol. The Morgan fingerprint density at radius 1 is 1.25 bits per heavy atom. The molecule has 2 aromatic rings. The largest absolute Gasteiger partial charge is 0.495 e. The van der Waals surface area contributed by atoms with Crippen molar-refractivity contribution in [3.8, 4) is 5.75 Å². The van der Waals surface area contributed by atoms with Gasteiger partial charge >= 0.3 is 0 Å². The summed E-state index contributed by atoms with van der Waals surface area (Å²) in [6.45, 7) is 0. The number of hydrogen-bond donors (Lipinski definition) is 1. The highest BCUT2D eigenvalue weighted by Gasteiger charge is 2.40. The van der Waals surface area contributed by atoms with E-state index in [1.807, 2.05) is 0 Å². The van der Waals surface area contributed by atoms with Gasteiger partial charge in [-0.15, -0.1) is 0 Å². The number of nitrogens with zero attached hydrogens (tertiary/aromatic N) is 1. The van der Waals surface area contributed by atoms with Crippen molar-refractivity contribution < 1.29 is 18.7 Å². The van der Waals surface area contributed by atoms with Crippen LogP contribution in [0, 0.1) is 5.82 Å². The summed E-state index contributed by atoms with van der Waals surface area (Å²) in [6, 6.07) is 9.76. The van der Waals surface area contributed by atoms with E-state index in [9.17, 15) is 14.0 Å². The van der Waals surface area contributed by atoms with Gasteiger partial charge in [-0.05, 0) is 30.3 Å². The number of hydrogen-bond acceptors (Lipinski definition) is 4. The molecule has 0 aliphatic carbocycles. The van der Waals surface area contributed by atoms with E-state index >= 15 is 0 Å². The standard InChI is InChI=1S/C17H14ClFN2O3/c1-24-15-7-6-10(18)8-12(15)20-13-9-16(22)21(17(13)23)14-5-3-2-4-11(14)19/h2-8,13,20H,9H2,1H3. The number of amides is 2. The Labute approximate surface area is 143 Å². The summed E-state index contributed by atoms with van der Waals surface area (Å²) in [7, 11) is 1.49. The topological polar surface area (TPSA) is 58.6 Å². The first-order valence-electron chi connectivity index (χ1n) is 7.22. The van der Waals surface area contributed by atoms with E-state index in [0.717, 1.165) is 4.90 Å². The number of rotatable bonds is 4. The van der Waals surface area contributed by atoms with Gasteiger partial charge in [-0.1, -0.05) is 23.7 Å². The summed E-state index contributed by atoms with van der Waals surface area (Å²) in [5.41, 5.74) is 0.446. The fourth-order valence-corrected chi connectivity index (χ4v) is 2.78. The van der Waals surface area contributed by atoms with Crippen molar-refractivity contribution in [3.05, 3.63) is 53.3 Å². The molecule has 2 amide bonds. The Morgan fingerprint density at radius 2 is 2.00 bits per heavy atom. The average Bonchev–Trinajstić information content (AvgIpc) is 2.82. The highest BCUT2D eigenvalue weighted by Crippen LogP contribution is 2.31. The lowest BCUT2D eigenvalue weighted by atomic mass is 10.2. The highest BCUT2D eigenvalue weighted by molar-refractivity contribution is 6.31. The van der Waals surface area contributed by atoms with Crippen LogP contribution in [0.2, 0.25) is 5.02 Å². The predicted octanol–water partition coefficient (Wildman–Crippen LogP) is 3.23. The number of carbonyl (C=O) groups excluding carboxylic acids is 2. The molecule has 1 heterocycles. The third-order valence-electron chi connectivity index (χ3n) is 3.73. The van der Waals surface area contributed by atoms with E-state index in [1.54, 1.807) is 24.3 Å². The second-order valence-corrected chi connectivity index (χ2v) is 5.70. The zero-order valence-electron chi connectivity index (χ0n) is 12.8. The van der Waals surface area contributed by atoms with Crippen molar-refractivity contribution in [1.82, 2.24) is 0 Å². The molecule has 5 nitrogen and oxygen atoms in total. The van der Waals surface area contributed by atoms with E-state index in [-0.39, 0.29) is 12.1 Å². The number of benzene rings is 2. The minimum absolute atomic E-state index is 0.0464. The van der Waals surface area contributed by atoms with E-state index in [4.69, 9.17) is 16.3 Å². The summed E-state index contributed by atoms with van der Waals surface area (Å²) in [5.74, 6) is -1.13. The van der Waals surface area contributed by atoms with Crippen LogP contribution in [-0.4, -0.2) is 25.0 Å². The lowest BCUT2D eigenvalue weighted by molar-refractivity contribution is -0.121. The van der Waals surface area contributed by atoms with Crippen LogP contribution >= 0.6 is 11.6 Å². The minimum Gasteiger partial charge on any atom is -0.495 e. The zero-order valence-corrected chi connectivity index (χ0v) is 13.5. The second kappa shape index (κ2) is 6.49. The molecule has 2 aromatic carbocycles. The molecule has 1 aliphatic rings. The molecule has 124 valence electrons. The van der Waals surface area contributed by atoms with Crippen molar-refractivity contribution in [2.45, 2.75) is 12.5 Å². The van der Waals surface area contributed by atoms with Crippen LogP contribution in [0.1, 0.15) is 6.42 Å². The number of anilines is 2. The predicted molar refractivity (Wildman–Crippen MR) is 88.9 cm³/mol. The number of methoxy groups -OCH3 is 1. The van der Waals surface area contributed by atoms with E-state index in [0.29, 0.717) is 16.5 Å². The monoisotopic (exact) mass is 348 g/mol. The number of imide groups is 1. The maximum absolute atomic E-state index is 13.9. The van der Waals surface area contributed by atoms with Crippen molar-refractivity contribution in [2.75, 3.05) is 17.3 Å². The maximum Gasteiger partial charge on any atom is 0.256 e. The lowest BCUT2D eigenvalue weighted by Gasteiger charge is -2.17. The van der Waals surface area contributed by atoms with E-state index < -0.39 is 23.7 Å². The molecule has 0 spiro atoms. The normalized spacial score (nSPS) is 17.3. The van der Waals surface area contributed by atoms with Gasteiger partial charge in [0, 0.05) is 5.02 Å². The maximum atomic E-state index is 13.9. The number of ether oxygens (including phenoxy) is 1. The van der Waals surface area contributed by atoms with Crippen LogP contribution in [-0.2, 0) is 9.59 Å². The number of halogens is 2. The Kier molecular flexibility index (Phi) is 4.40. The van der Waals surface area contributed by atoms with Crippen LogP contribution < -0.4 is 15.0 Å². The van der Waals surface area contributed by atoms with Gasteiger partial charge in [-0.2, -0.15) is 0 Å². The van der Waals surface area contributed by atoms with E-state index in [1.165, 1.54) is 25.3 Å². The summed E-state index contributed by atoms with van der Waals surface area (Å²) in [4.78, 5) is 25.6. The quantitative estimate of drug-likeness (QED) is 0.862. The van der Waals surface area contributed by atoms with Crippen molar-refractivity contribution in [2.24, 2.45) is 0 Å². The lowest BCUT2D eigenvalue weighted by Crippen LogP contribution is -2.35. The van der Waals surface area contributed by atoms with Gasteiger partial charge in [0.05, 0.1) is 24.9 Å². The molecule has 1 atom stereocenters. The molecule has 1 unspecified atom stereocenters. The van der Waals surface area contributed by atoms with Crippen molar-refractivity contribution in [1.29, 1.82) is 0 Å². The van der Waals surface area contributed by atoms with Crippen LogP contribution in [0.15, 0.2) is 42.5 Å². The van der Waals surface area contributed by atoms with Gasteiger partial charge in [0.2, 0.25) is 5.91 Å². The Morgan fingerprint density at radius 3 is 2.71 bits per heavy atom. The van der Waals surface area contributed by atoms with Gasteiger partial charge < -0.3 is 10.1 Å². The number of para-hydroxylation sites is 1. The summed E-state index contributed by atoms with van der Waals surface area (Å²) in [5, 5.41) is 3.42. The molecule has 1 fully saturated rings. The summed E-state index contributed by atoms with van der Waals surface area (Å²) in [6.07, 6.45) is -0.0805. The fraction of sp³-hybridized carbons (Fsp3) is 0.176. The molecular formula is C17H14ClFN2O3. The van der Waals surface area contributed by atoms with E-state index in [2.05, 4.69) is 5.32 Å². The van der Waals surface area contributed by atoms with Crippen LogP contribution in [0.5, 0.6) is 5.75 Å². The Bertz CT molecular complexity index is 812. The van der Waals surface area contributed by atoms with Crippen molar-refractivity contribution in [3.63, 3.8) is 0 Å². The molecule has 1 aliphatic heterocycles. The van der Waals surface area contributed by atoms with Crippen LogP contribution in [0.4, 0.5) is 15.8 Å². The summed E-state index contributed by atoms with van der Waals surface area (Å²) >= 11 is 5.96. The molecule has 0 radical (unpaired) electrons. The number of carbonyl (C=O) groups is 2. The molecule has 0 aromatic heterocycles. The number of nitrogens with one attached hydrogen (secondary N) is 1. The van der Waals surface area contributed by atoms with Crippen LogP contribution in [0.3, 0.4) is 0 Å². The third-order valence-corrected chi connectivity index (χ3v) is 3.97. The van der Waals surface area contributed by atoms with Gasteiger partial charge in [0.25, 0.3) is 5.91 Å². The molecule has 1 N–H and O–H groups in total. The van der Waals surface area contributed by atoms with Gasteiger partial charge in [-0.25, -0.2) is 9.29 Å². The third kappa shape index (κ3) is 2.92.